The summed E-state index contributed by atoms with van der Waals surface area (Å²) in [5, 5.41) is 0. The van der Waals surface area contributed by atoms with Crippen molar-refractivity contribution in [1.29, 1.82) is 0 Å². The van der Waals surface area contributed by atoms with Crippen LogP contribution in [0.4, 0.5) is 0 Å². The highest BCUT2D eigenvalue weighted by Gasteiger charge is 2.21. The fourth-order valence-electron chi connectivity index (χ4n) is 2.92. The molecule has 124 valence electrons. The van der Waals surface area contributed by atoms with Gasteiger partial charge in [-0.2, -0.15) is 0 Å². The number of rotatable bonds is 5. The molecule has 0 bridgehead atoms. The topological polar surface area (TPSA) is 31.6 Å². The van der Waals surface area contributed by atoms with Crippen molar-refractivity contribution in [2.24, 2.45) is 0 Å². The SMILES string of the molecule is COc1ccc([C@@H](c2ccc(C)cc2)c2ccc(C)o2)cc1OC. The fraction of sp³-hybridized carbons (Fsp3) is 0.238. The molecule has 1 atom stereocenters. The molecule has 0 amide bonds. The van der Waals surface area contributed by atoms with E-state index in [-0.39, 0.29) is 5.92 Å². The Morgan fingerprint density at radius 3 is 2.00 bits per heavy atom. The first-order valence-electron chi connectivity index (χ1n) is 7.97. The minimum Gasteiger partial charge on any atom is -0.493 e. The van der Waals surface area contributed by atoms with E-state index in [1.807, 2.05) is 31.2 Å². The fourth-order valence-corrected chi connectivity index (χ4v) is 2.92. The van der Waals surface area contributed by atoms with Crippen LogP contribution in [0.15, 0.2) is 59.0 Å². The lowest BCUT2D eigenvalue weighted by Crippen LogP contribution is -2.03. The maximum atomic E-state index is 5.94. The normalized spacial score (nSPS) is 12.0. The van der Waals surface area contributed by atoms with E-state index in [9.17, 15) is 0 Å². The Morgan fingerprint density at radius 2 is 1.42 bits per heavy atom. The summed E-state index contributed by atoms with van der Waals surface area (Å²) in [7, 11) is 3.30. The van der Waals surface area contributed by atoms with Gasteiger partial charge in [0.1, 0.15) is 11.5 Å². The minimum atomic E-state index is 0.0131. The van der Waals surface area contributed by atoms with Crippen molar-refractivity contribution in [3.63, 3.8) is 0 Å². The zero-order chi connectivity index (χ0) is 17.1. The first-order valence-corrected chi connectivity index (χ1v) is 7.97. The quantitative estimate of drug-likeness (QED) is 0.655. The molecule has 3 aromatic rings. The smallest absolute Gasteiger partial charge is 0.161 e. The molecule has 0 aliphatic heterocycles. The van der Waals surface area contributed by atoms with Gasteiger partial charge in [0.15, 0.2) is 11.5 Å². The number of ether oxygens (including phenoxy) is 2. The standard InChI is InChI=1S/C21H22O3/c1-14-5-8-16(9-6-14)21(19-11-7-15(2)24-19)17-10-12-18(22-3)20(13-17)23-4/h5-13,21H,1-4H3/t21-/m1/s1. The molecule has 1 heterocycles. The van der Waals surface area contributed by atoms with E-state index in [4.69, 9.17) is 13.9 Å². The molecule has 0 radical (unpaired) electrons. The van der Waals surface area contributed by atoms with Gasteiger partial charge in [-0.15, -0.1) is 0 Å². The molecule has 0 aliphatic carbocycles. The van der Waals surface area contributed by atoms with Crippen LogP contribution in [-0.4, -0.2) is 14.2 Å². The molecule has 0 fully saturated rings. The van der Waals surface area contributed by atoms with E-state index >= 15 is 0 Å². The van der Waals surface area contributed by atoms with Gasteiger partial charge in [0, 0.05) is 0 Å². The lowest BCUT2D eigenvalue weighted by atomic mass is 9.88. The Bertz CT molecular complexity index is 815. The number of furan rings is 1. The molecule has 3 rings (SSSR count). The van der Waals surface area contributed by atoms with Crippen LogP contribution >= 0.6 is 0 Å². The molecule has 0 saturated heterocycles. The van der Waals surface area contributed by atoms with Crippen molar-refractivity contribution in [1.82, 2.24) is 0 Å². The van der Waals surface area contributed by atoms with Crippen LogP contribution in [-0.2, 0) is 0 Å². The number of aryl methyl sites for hydroxylation is 2. The maximum absolute atomic E-state index is 5.94. The molecular formula is C21H22O3. The number of methoxy groups -OCH3 is 2. The maximum Gasteiger partial charge on any atom is 0.161 e. The predicted molar refractivity (Wildman–Crippen MR) is 95.1 cm³/mol. The largest absolute Gasteiger partial charge is 0.493 e. The highest BCUT2D eigenvalue weighted by atomic mass is 16.5. The van der Waals surface area contributed by atoms with Crippen molar-refractivity contribution >= 4 is 0 Å². The summed E-state index contributed by atoms with van der Waals surface area (Å²) in [4.78, 5) is 0. The Balaban J connectivity index is 2.12. The van der Waals surface area contributed by atoms with Crippen molar-refractivity contribution < 1.29 is 13.9 Å². The van der Waals surface area contributed by atoms with E-state index in [0.29, 0.717) is 0 Å². The molecule has 2 aromatic carbocycles. The van der Waals surface area contributed by atoms with Crippen LogP contribution in [0, 0.1) is 13.8 Å². The Labute approximate surface area is 142 Å². The highest BCUT2D eigenvalue weighted by Crippen LogP contribution is 2.37. The summed E-state index contributed by atoms with van der Waals surface area (Å²) in [6.45, 7) is 4.05. The summed E-state index contributed by atoms with van der Waals surface area (Å²) < 4.78 is 16.8. The molecule has 0 saturated carbocycles. The van der Waals surface area contributed by atoms with Gasteiger partial charge in [0.05, 0.1) is 20.1 Å². The van der Waals surface area contributed by atoms with E-state index in [1.54, 1.807) is 14.2 Å². The van der Waals surface area contributed by atoms with Gasteiger partial charge < -0.3 is 13.9 Å². The van der Waals surface area contributed by atoms with Crippen LogP contribution in [0.5, 0.6) is 11.5 Å². The summed E-state index contributed by atoms with van der Waals surface area (Å²) >= 11 is 0. The van der Waals surface area contributed by atoms with Crippen molar-refractivity contribution in [3.8, 4) is 11.5 Å². The van der Waals surface area contributed by atoms with Gasteiger partial charge in [-0.1, -0.05) is 35.9 Å². The molecule has 1 aromatic heterocycles. The molecule has 24 heavy (non-hydrogen) atoms. The number of benzene rings is 2. The Kier molecular flexibility index (Phi) is 4.61. The van der Waals surface area contributed by atoms with Crippen LogP contribution in [0.3, 0.4) is 0 Å². The molecule has 0 aliphatic rings. The van der Waals surface area contributed by atoms with E-state index in [1.165, 1.54) is 11.1 Å². The molecule has 3 nitrogen and oxygen atoms in total. The monoisotopic (exact) mass is 322 g/mol. The summed E-state index contributed by atoms with van der Waals surface area (Å²) in [6.07, 6.45) is 0. The third kappa shape index (κ3) is 3.16. The Hall–Kier alpha value is -2.68. The van der Waals surface area contributed by atoms with Gasteiger partial charge >= 0.3 is 0 Å². The van der Waals surface area contributed by atoms with E-state index < -0.39 is 0 Å². The molecule has 3 heteroatoms. The second kappa shape index (κ2) is 6.83. The van der Waals surface area contributed by atoms with Crippen LogP contribution in [0.2, 0.25) is 0 Å². The van der Waals surface area contributed by atoms with Gasteiger partial charge in [-0.25, -0.2) is 0 Å². The highest BCUT2D eigenvalue weighted by molar-refractivity contribution is 5.49. The molecule has 0 unspecified atom stereocenters. The van der Waals surface area contributed by atoms with E-state index in [2.05, 4.69) is 37.3 Å². The van der Waals surface area contributed by atoms with Gasteiger partial charge in [0.25, 0.3) is 0 Å². The first kappa shape index (κ1) is 16.2. The zero-order valence-electron chi connectivity index (χ0n) is 14.5. The van der Waals surface area contributed by atoms with Gasteiger partial charge in [-0.05, 0) is 49.2 Å². The lowest BCUT2D eigenvalue weighted by molar-refractivity contribution is 0.354. The average molecular weight is 322 g/mol. The van der Waals surface area contributed by atoms with Crippen molar-refractivity contribution in [3.05, 3.63) is 82.8 Å². The zero-order valence-corrected chi connectivity index (χ0v) is 14.5. The van der Waals surface area contributed by atoms with Crippen molar-refractivity contribution in [2.75, 3.05) is 14.2 Å². The van der Waals surface area contributed by atoms with Crippen molar-refractivity contribution in [2.45, 2.75) is 19.8 Å². The second-order valence-corrected chi connectivity index (χ2v) is 5.91. The lowest BCUT2D eigenvalue weighted by Gasteiger charge is -2.18. The number of hydrogen-bond acceptors (Lipinski definition) is 3. The van der Waals surface area contributed by atoms with E-state index in [0.717, 1.165) is 28.6 Å². The summed E-state index contributed by atoms with van der Waals surface area (Å²) in [6, 6.07) is 18.6. The third-order valence-corrected chi connectivity index (χ3v) is 4.20. The Morgan fingerprint density at radius 1 is 0.750 bits per heavy atom. The molecular weight excluding hydrogens is 300 g/mol. The predicted octanol–water partition coefficient (Wildman–Crippen LogP) is 5.09. The van der Waals surface area contributed by atoms with Crippen LogP contribution in [0.25, 0.3) is 0 Å². The van der Waals surface area contributed by atoms with Gasteiger partial charge in [-0.3, -0.25) is 0 Å². The average Bonchev–Trinajstić information content (AvgIpc) is 3.02. The first-order chi connectivity index (χ1) is 11.6. The minimum absolute atomic E-state index is 0.0131. The summed E-state index contributed by atoms with van der Waals surface area (Å²) in [5.74, 6) is 3.28. The summed E-state index contributed by atoms with van der Waals surface area (Å²) in [5.41, 5.74) is 3.52. The molecule has 0 spiro atoms. The van der Waals surface area contributed by atoms with Crippen LogP contribution in [0.1, 0.15) is 34.1 Å². The number of hydrogen-bond donors (Lipinski definition) is 0. The second-order valence-electron chi connectivity index (χ2n) is 5.91. The van der Waals surface area contributed by atoms with Gasteiger partial charge in [0.2, 0.25) is 0 Å². The third-order valence-electron chi connectivity index (χ3n) is 4.20. The van der Waals surface area contributed by atoms with Crippen LogP contribution < -0.4 is 9.47 Å². The molecule has 0 N–H and O–H groups in total.